The number of nitro benzene ring substituents is 1. The monoisotopic (exact) mass is 357 g/mol. The van der Waals surface area contributed by atoms with Crippen LogP contribution in [0.25, 0.3) is 11.5 Å². The average Bonchev–Trinajstić information content (AvgIpc) is 2.96. The number of nitro groups is 1. The lowest BCUT2D eigenvalue weighted by Crippen LogP contribution is -1.87. The maximum absolute atomic E-state index is 10.7. The largest absolute Gasteiger partial charge is 0.479 e. The lowest BCUT2D eigenvalue weighted by molar-refractivity contribution is -0.384. The summed E-state index contributed by atoms with van der Waals surface area (Å²) in [7, 11) is 0. The Labute approximate surface area is 147 Å². The number of rotatable bonds is 4. The van der Waals surface area contributed by atoms with Crippen LogP contribution in [0, 0.1) is 17.0 Å². The van der Waals surface area contributed by atoms with Crippen molar-refractivity contribution in [3.8, 4) is 17.4 Å². The molecule has 1 heterocycles. The summed E-state index contributed by atoms with van der Waals surface area (Å²) < 4.78 is 5.20. The van der Waals surface area contributed by atoms with E-state index in [0.29, 0.717) is 16.3 Å². The predicted molar refractivity (Wildman–Crippen MR) is 93.7 cm³/mol. The van der Waals surface area contributed by atoms with Gasteiger partial charge in [0.2, 0.25) is 5.89 Å². The molecule has 0 bridgehead atoms. The van der Waals surface area contributed by atoms with Gasteiger partial charge >= 0.3 is 5.95 Å². The molecule has 1 N–H and O–H groups in total. The lowest BCUT2D eigenvalue weighted by Gasteiger charge is -1.99. The van der Waals surface area contributed by atoms with Gasteiger partial charge in [-0.3, -0.25) is 15.1 Å². The zero-order chi connectivity index (χ0) is 18.0. The first-order valence-electron chi connectivity index (χ1n) is 7.19. The summed E-state index contributed by atoms with van der Waals surface area (Å²) >= 11 is 5.94. The van der Waals surface area contributed by atoms with Gasteiger partial charge in [0.05, 0.1) is 16.8 Å². The number of oxazole rings is 1. The molecule has 0 aliphatic heterocycles. The number of aromatic hydroxyl groups is 1. The molecule has 0 atom stereocenters. The molecule has 8 heteroatoms. The molecule has 0 saturated heterocycles. The van der Waals surface area contributed by atoms with Crippen molar-refractivity contribution < 1.29 is 14.4 Å². The fraction of sp³-hybridized carbons (Fsp3) is 0.0588. The van der Waals surface area contributed by atoms with Gasteiger partial charge in [-0.15, -0.1) is 0 Å². The minimum Gasteiger partial charge on any atom is -0.479 e. The number of hydrogen-bond donors (Lipinski definition) is 1. The third-order valence-corrected chi connectivity index (χ3v) is 3.69. The first-order chi connectivity index (χ1) is 11.9. The third kappa shape index (κ3) is 3.67. The van der Waals surface area contributed by atoms with Crippen molar-refractivity contribution in [1.82, 2.24) is 4.98 Å². The van der Waals surface area contributed by atoms with Crippen molar-refractivity contribution in [3.63, 3.8) is 0 Å². The molecule has 7 nitrogen and oxygen atoms in total. The maximum atomic E-state index is 10.7. The van der Waals surface area contributed by atoms with Crippen LogP contribution in [0.3, 0.4) is 0 Å². The highest BCUT2D eigenvalue weighted by Crippen LogP contribution is 2.28. The molecule has 0 spiro atoms. The van der Waals surface area contributed by atoms with Crippen LogP contribution in [0.5, 0.6) is 5.95 Å². The van der Waals surface area contributed by atoms with Gasteiger partial charge < -0.3 is 9.52 Å². The molecule has 126 valence electrons. The summed E-state index contributed by atoms with van der Waals surface area (Å²) in [6, 6.07) is 10.9. The van der Waals surface area contributed by atoms with Gasteiger partial charge in [-0.2, -0.15) is 0 Å². The summed E-state index contributed by atoms with van der Waals surface area (Å²) in [5.41, 5.74) is 2.16. The molecule has 0 saturated carbocycles. The van der Waals surface area contributed by atoms with Crippen LogP contribution in [0.4, 0.5) is 11.4 Å². The summed E-state index contributed by atoms with van der Waals surface area (Å²) in [5.74, 6) is -0.256. The number of hydrogen-bond acceptors (Lipinski definition) is 6. The Balaban J connectivity index is 1.88. The van der Waals surface area contributed by atoms with E-state index in [-0.39, 0.29) is 17.3 Å². The Morgan fingerprint density at radius 1 is 1.28 bits per heavy atom. The number of aromatic nitrogens is 1. The summed E-state index contributed by atoms with van der Waals surface area (Å²) in [4.78, 5) is 18.6. The molecule has 0 unspecified atom stereocenters. The molecule has 3 aromatic rings. The molecule has 0 radical (unpaired) electrons. The van der Waals surface area contributed by atoms with Crippen molar-refractivity contribution in [2.45, 2.75) is 6.92 Å². The molecule has 0 aliphatic rings. The summed E-state index contributed by atoms with van der Waals surface area (Å²) in [6.45, 7) is 1.88. The van der Waals surface area contributed by atoms with Crippen molar-refractivity contribution in [3.05, 3.63) is 68.9 Å². The van der Waals surface area contributed by atoms with Crippen LogP contribution in [0.2, 0.25) is 5.02 Å². The molecule has 2 aromatic carbocycles. The highest BCUT2D eigenvalue weighted by atomic mass is 35.5. The van der Waals surface area contributed by atoms with Gasteiger partial charge in [0.1, 0.15) is 0 Å². The van der Waals surface area contributed by atoms with Crippen LogP contribution in [-0.4, -0.2) is 21.2 Å². The van der Waals surface area contributed by atoms with Crippen LogP contribution in [0.15, 0.2) is 51.9 Å². The van der Waals surface area contributed by atoms with E-state index in [4.69, 9.17) is 16.0 Å². The minimum absolute atomic E-state index is 0.0438. The third-order valence-electron chi connectivity index (χ3n) is 3.46. The smallest absolute Gasteiger partial charge is 0.312 e. The van der Waals surface area contributed by atoms with E-state index in [2.05, 4.69) is 9.98 Å². The van der Waals surface area contributed by atoms with Gasteiger partial charge in [-0.05, 0) is 36.8 Å². The lowest BCUT2D eigenvalue weighted by atomic mass is 10.2. The highest BCUT2D eigenvalue weighted by molar-refractivity contribution is 6.30. The Bertz CT molecular complexity index is 965. The summed E-state index contributed by atoms with van der Waals surface area (Å²) in [5, 5.41) is 21.1. The first kappa shape index (κ1) is 16.7. The molecule has 1 aromatic heterocycles. The SMILES string of the molecule is Cc1ccc(Cl)cc1N=Cc1nc(-c2ccc([N+](=O)[O-])cc2)oc1O. The van der Waals surface area contributed by atoms with E-state index in [1.165, 1.54) is 30.5 Å². The van der Waals surface area contributed by atoms with Crippen molar-refractivity contribution in [1.29, 1.82) is 0 Å². The number of aliphatic imine (C=N–C) groups is 1. The van der Waals surface area contributed by atoms with Crippen LogP contribution < -0.4 is 0 Å². The number of halogens is 1. The normalized spacial score (nSPS) is 11.1. The Kier molecular flexibility index (Phi) is 4.49. The fourth-order valence-corrected chi connectivity index (χ4v) is 2.28. The van der Waals surface area contributed by atoms with Gasteiger partial charge in [0.15, 0.2) is 5.69 Å². The van der Waals surface area contributed by atoms with Gasteiger partial charge in [0.25, 0.3) is 5.69 Å². The molecule has 3 rings (SSSR count). The first-order valence-corrected chi connectivity index (χ1v) is 7.56. The molecular formula is C17H12ClN3O4. The van der Waals surface area contributed by atoms with E-state index in [9.17, 15) is 15.2 Å². The summed E-state index contributed by atoms with van der Waals surface area (Å²) in [6.07, 6.45) is 1.37. The fourth-order valence-electron chi connectivity index (χ4n) is 2.11. The van der Waals surface area contributed by atoms with Crippen molar-refractivity contribution in [2.24, 2.45) is 4.99 Å². The second-order valence-electron chi connectivity index (χ2n) is 5.20. The van der Waals surface area contributed by atoms with Crippen LogP contribution in [-0.2, 0) is 0 Å². The maximum Gasteiger partial charge on any atom is 0.312 e. The molecular weight excluding hydrogens is 346 g/mol. The van der Waals surface area contributed by atoms with E-state index in [1.807, 2.05) is 13.0 Å². The highest BCUT2D eigenvalue weighted by Gasteiger charge is 2.14. The predicted octanol–water partition coefficient (Wildman–Crippen LogP) is 4.67. The van der Waals surface area contributed by atoms with Gasteiger partial charge in [-0.25, -0.2) is 4.98 Å². The molecule has 0 fully saturated rings. The zero-order valence-electron chi connectivity index (χ0n) is 13.0. The van der Waals surface area contributed by atoms with Gasteiger partial charge in [0, 0.05) is 22.7 Å². The zero-order valence-corrected chi connectivity index (χ0v) is 13.8. The molecule has 0 aliphatic carbocycles. The number of aryl methyl sites for hydroxylation is 1. The molecule has 25 heavy (non-hydrogen) atoms. The molecule has 0 amide bonds. The van der Waals surface area contributed by atoms with E-state index in [1.54, 1.807) is 12.1 Å². The van der Waals surface area contributed by atoms with Crippen LogP contribution in [0.1, 0.15) is 11.3 Å². The second kappa shape index (κ2) is 6.74. The van der Waals surface area contributed by atoms with Crippen molar-refractivity contribution in [2.75, 3.05) is 0 Å². The average molecular weight is 358 g/mol. The topological polar surface area (TPSA) is 102 Å². The second-order valence-corrected chi connectivity index (χ2v) is 5.64. The number of benzene rings is 2. The van der Waals surface area contributed by atoms with Crippen molar-refractivity contribution >= 4 is 29.2 Å². The number of non-ortho nitro benzene ring substituents is 1. The Morgan fingerprint density at radius 2 is 2.00 bits per heavy atom. The minimum atomic E-state index is -0.498. The van der Waals surface area contributed by atoms with Gasteiger partial charge in [-0.1, -0.05) is 17.7 Å². The van der Waals surface area contributed by atoms with Crippen LogP contribution >= 0.6 is 11.6 Å². The van der Waals surface area contributed by atoms with E-state index >= 15 is 0 Å². The standard InChI is InChI=1S/C17H12ClN3O4/c1-10-2-5-12(18)8-14(10)19-9-15-17(22)25-16(20-15)11-3-6-13(7-4-11)21(23)24/h2-9,22H,1H3. The quantitative estimate of drug-likeness (QED) is 0.415. The Morgan fingerprint density at radius 3 is 2.68 bits per heavy atom. The number of nitrogens with zero attached hydrogens (tertiary/aromatic N) is 3. The van der Waals surface area contributed by atoms with E-state index < -0.39 is 10.9 Å². The Hall–Kier alpha value is -3.19. The van der Waals surface area contributed by atoms with E-state index in [0.717, 1.165) is 5.56 Å².